The Bertz CT molecular complexity index is 809. The van der Waals surface area contributed by atoms with Gasteiger partial charge in [-0.3, -0.25) is 14.4 Å². The predicted octanol–water partition coefficient (Wildman–Crippen LogP) is 7.51. The molecule has 0 unspecified atom stereocenters. The van der Waals surface area contributed by atoms with Crippen molar-refractivity contribution in [2.45, 2.75) is 96.3 Å². The Balaban J connectivity index is 0.000000244. The summed E-state index contributed by atoms with van der Waals surface area (Å²) in [5.41, 5.74) is 0. The number of hydrogen-bond acceptors (Lipinski definition) is 3. The Hall–Kier alpha value is -2.05. The number of benzene rings is 1. The van der Waals surface area contributed by atoms with Crippen molar-refractivity contribution in [3.05, 3.63) is 42.5 Å². The van der Waals surface area contributed by atoms with Crippen LogP contribution in [0.1, 0.15) is 96.3 Å². The smallest absolute Gasteiger partial charge is 0.306 e. The SMILES string of the molecule is O=C(O)C1CCCCC1.O=C(O)C1CCCCC1.O=C(O)C1CCCCC1.[Ti].c1ccc2[cH-]ccc2c1. The first kappa shape index (κ1) is 33.0. The van der Waals surface area contributed by atoms with Crippen molar-refractivity contribution >= 4 is 28.7 Å². The molecule has 0 amide bonds. The van der Waals surface area contributed by atoms with Crippen molar-refractivity contribution in [2.24, 2.45) is 17.8 Å². The zero-order chi connectivity index (χ0) is 26.2. The third kappa shape index (κ3) is 13.4. The normalized spacial score (nSPS) is 18.4. The van der Waals surface area contributed by atoms with Crippen LogP contribution in [0.15, 0.2) is 42.5 Å². The van der Waals surface area contributed by atoms with Crippen LogP contribution >= 0.6 is 0 Å². The Labute approximate surface area is 236 Å². The molecule has 37 heavy (non-hydrogen) atoms. The standard InChI is InChI=1S/C9H7.3C7H12O2.Ti/c1-2-5-9-7-3-6-8(9)4-1;3*8-7(9)6-4-2-1-3-5-6;/h1-7H;3*6H,1-5H2,(H,8,9);/q-1;;;;. The molecule has 0 radical (unpaired) electrons. The van der Waals surface area contributed by atoms with E-state index in [-0.39, 0.29) is 39.5 Å². The second kappa shape index (κ2) is 19.1. The molecule has 5 rings (SSSR count). The van der Waals surface area contributed by atoms with Crippen LogP contribution in [-0.2, 0) is 36.1 Å². The molecule has 0 atom stereocenters. The Morgan fingerprint density at radius 2 is 0.919 bits per heavy atom. The van der Waals surface area contributed by atoms with E-state index in [4.69, 9.17) is 15.3 Å². The molecule has 0 saturated heterocycles. The van der Waals surface area contributed by atoms with E-state index in [1.165, 1.54) is 30.0 Å². The van der Waals surface area contributed by atoms with Crippen LogP contribution in [0.5, 0.6) is 0 Å². The topological polar surface area (TPSA) is 112 Å². The summed E-state index contributed by atoms with van der Waals surface area (Å²) in [7, 11) is 0. The van der Waals surface area contributed by atoms with Crippen LogP contribution in [0.2, 0.25) is 0 Å². The van der Waals surface area contributed by atoms with E-state index < -0.39 is 17.9 Å². The van der Waals surface area contributed by atoms with E-state index in [0.717, 1.165) is 77.0 Å². The van der Waals surface area contributed by atoms with Gasteiger partial charge in [0.05, 0.1) is 17.8 Å². The molecule has 0 heterocycles. The van der Waals surface area contributed by atoms with Gasteiger partial charge in [0.2, 0.25) is 0 Å². The van der Waals surface area contributed by atoms with Gasteiger partial charge < -0.3 is 15.3 Å². The minimum atomic E-state index is -0.602. The molecular weight excluding hydrogens is 504 g/mol. The predicted molar refractivity (Wildman–Crippen MR) is 142 cm³/mol. The fourth-order valence-electron chi connectivity index (χ4n) is 5.12. The van der Waals surface area contributed by atoms with Gasteiger partial charge in [0.25, 0.3) is 0 Å². The van der Waals surface area contributed by atoms with Crippen molar-refractivity contribution < 1.29 is 51.4 Å². The number of carboxylic acids is 3. The fraction of sp³-hybridized carbons (Fsp3) is 0.600. The molecule has 6 nitrogen and oxygen atoms in total. The van der Waals surface area contributed by atoms with Gasteiger partial charge in [0.1, 0.15) is 0 Å². The summed E-state index contributed by atoms with van der Waals surface area (Å²) in [6, 6.07) is 14.7. The summed E-state index contributed by atoms with van der Waals surface area (Å²) in [5.74, 6) is -1.89. The Morgan fingerprint density at radius 3 is 1.22 bits per heavy atom. The largest absolute Gasteiger partial charge is 0.481 e. The van der Waals surface area contributed by atoms with Gasteiger partial charge in [-0.2, -0.15) is 17.5 Å². The van der Waals surface area contributed by atoms with Crippen molar-refractivity contribution in [2.75, 3.05) is 0 Å². The number of hydrogen-bond donors (Lipinski definition) is 3. The van der Waals surface area contributed by atoms with Crippen LogP contribution < -0.4 is 0 Å². The molecule has 0 spiro atoms. The van der Waals surface area contributed by atoms with Gasteiger partial charge >= 0.3 is 17.9 Å². The average Bonchev–Trinajstić information content (AvgIpc) is 3.40. The van der Waals surface area contributed by atoms with Crippen LogP contribution in [0.4, 0.5) is 0 Å². The van der Waals surface area contributed by atoms with E-state index in [1.807, 2.05) is 0 Å². The second-order valence-electron chi connectivity index (χ2n) is 10.2. The molecule has 3 fully saturated rings. The maximum Gasteiger partial charge on any atom is 0.306 e. The molecule has 204 valence electrons. The first-order chi connectivity index (χ1) is 17.4. The van der Waals surface area contributed by atoms with Crippen molar-refractivity contribution in [1.82, 2.24) is 0 Å². The summed E-state index contributed by atoms with van der Waals surface area (Å²) in [6.07, 6.45) is 15.7. The van der Waals surface area contributed by atoms with E-state index in [2.05, 4.69) is 42.5 Å². The quantitative estimate of drug-likeness (QED) is 0.271. The summed E-state index contributed by atoms with van der Waals surface area (Å²) < 4.78 is 0. The monoisotopic (exact) mass is 547 g/mol. The molecule has 2 aromatic rings. The molecule has 0 aliphatic heterocycles. The third-order valence-corrected chi connectivity index (χ3v) is 7.41. The van der Waals surface area contributed by atoms with Gasteiger partial charge in [-0.05, 0) is 38.5 Å². The Kier molecular flexibility index (Phi) is 17.0. The molecule has 3 N–H and O–H groups in total. The maximum atomic E-state index is 10.4. The first-order valence-corrected chi connectivity index (χ1v) is 13.7. The molecular formula is C30H43O6Ti-. The van der Waals surface area contributed by atoms with E-state index in [0.29, 0.717) is 0 Å². The molecule has 3 aliphatic rings. The van der Waals surface area contributed by atoms with Gasteiger partial charge in [0, 0.05) is 21.7 Å². The van der Waals surface area contributed by atoms with E-state index in [9.17, 15) is 14.4 Å². The molecule has 7 heteroatoms. The third-order valence-electron chi connectivity index (χ3n) is 7.41. The number of carbonyl (C=O) groups is 3. The maximum absolute atomic E-state index is 10.4. The second-order valence-corrected chi connectivity index (χ2v) is 10.2. The fourth-order valence-corrected chi connectivity index (χ4v) is 5.12. The van der Waals surface area contributed by atoms with Gasteiger partial charge in [-0.1, -0.05) is 63.9 Å². The summed E-state index contributed by atoms with van der Waals surface area (Å²) in [6.45, 7) is 0. The molecule has 0 bridgehead atoms. The van der Waals surface area contributed by atoms with Crippen molar-refractivity contribution in [3.8, 4) is 0 Å². The van der Waals surface area contributed by atoms with E-state index >= 15 is 0 Å². The van der Waals surface area contributed by atoms with Crippen LogP contribution in [-0.4, -0.2) is 33.2 Å². The van der Waals surface area contributed by atoms with Gasteiger partial charge in [0.15, 0.2) is 0 Å². The summed E-state index contributed by atoms with van der Waals surface area (Å²) in [4.78, 5) is 31.1. The molecule has 0 aromatic heterocycles. The van der Waals surface area contributed by atoms with Gasteiger partial charge in [-0.15, -0.1) is 29.7 Å². The zero-order valence-electron chi connectivity index (χ0n) is 21.9. The number of rotatable bonds is 3. The first-order valence-electron chi connectivity index (χ1n) is 13.7. The van der Waals surface area contributed by atoms with E-state index in [1.54, 1.807) is 0 Å². The molecule has 2 aromatic carbocycles. The Morgan fingerprint density at radius 1 is 0.568 bits per heavy atom. The molecule has 3 saturated carbocycles. The number of aliphatic carboxylic acids is 3. The average molecular weight is 548 g/mol. The van der Waals surface area contributed by atoms with Crippen LogP contribution in [0.3, 0.4) is 0 Å². The molecule has 3 aliphatic carbocycles. The zero-order valence-corrected chi connectivity index (χ0v) is 23.5. The van der Waals surface area contributed by atoms with Crippen LogP contribution in [0, 0.1) is 17.8 Å². The van der Waals surface area contributed by atoms with Gasteiger partial charge in [-0.25, -0.2) is 0 Å². The van der Waals surface area contributed by atoms with Crippen molar-refractivity contribution in [1.29, 1.82) is 0 Å². The number of carboxylic acid groups (broad SMARTS) is 3. The van der Waals surface area contributed by atoms with Crippen LogP contribution in [0.25, 0.3) is 10.8 Å². The van der Waals surface area contributed by atoms with Crippen molar-refractivity contribution in [3.63, 3.8) is 0 Å². The minimum Gasteiger partial charge on any atom is -0.481 e. The summed E-state index contributed by atoms with van der Waals surface area (Å²) in [5, 5.41) is 28.3. The summed E-state index contributed by atoms with van der Waals surface area (Å²) >= 11 is 0. The number of fused-ring (bicyclic) bond motifs is 1. The minimum absolute atomic E-state index is 0.